The SMILES string of the molecule is CCCN(CC(=O)O)S(=O)(=O)c1ccc(CC(C)C)cc1. The molecular weight excluding hydrogens is 290 g/mol. The second kappa shape index (κ2) is 7.56. The number of hydrogen-bond donors (Lipinski definition) is 1. The van der Waals surface area contributed by atoms with E-state index in [4.69, 9.17) is 5.11 Å². The molecule has 0 amide bonds. The fourth-order valence-corrected chi connectivity index (χ4v) is 3.58. The van der Waals surface area contributed by atoms with Gasteiger partial charge >= 0.3 is 5.97 Å². The largest absolute Gasteiger partial charge is 0.480 e. The summed E-state index contributed by atoms with van der Waals surface area (Å²) in [6, 6.07) is 6.69. The van der Waals surface area contributed by atoms with Crippen LogP contribution in [0.4, 0.5) is 0 Å². The molecule has 1 rings (SSSR count). The van der Waals surface area contributed by atoms with Crippen LogP contribution < -0.4 is 0 Å². The Morgan fingerprint density at radius 3 is 2.24 bits per heavy atom. The Labute approximate surface area is 126 Å². The van der Waals surface area contributed by atoms with Crippen molar-refractivity contribution in [2.75, 3.05) is 13.1 Å². The Kier molecular flexibility index (Phi) is 6.36. The smallest absolute Gasteiger partial charge is 0.318 e. The lowest BCUT2D eigenvalue weighted by Gasteiger charge is -2.19. The van der Waals surface area contributed by atoms with E-state index < -0.39 is 22.5 Å². The van der Waals surface area contributed by atoms with Crippen molar-refractivity contribution in [1.82, 2.24) is 4.31 Å². The maximum atomic E-state index is 12.5. The lowest BCUT2D eigenvalue weighted by molar-refractivity contribution is -0.137. The van der Waals surface area contributed by atoms with Crippen LogP contribution in [-0.4, -0.2) is 36.9 Å². The van der Waals surface area contributed by atoms with Crippen LogP contribution in [0.1, 0.15) is 32.8 Å². The fourth-order valence-electron chi connectivity index (χ4n) is 2.10. The summed E-state index contributed by atoms with van der Waals surface area (Å²) in [6.45, 7) is 5.70. The number of benzene rings is 1. The first kappa shape index (κ1) is 17.7. The van der Waals surface area contributed by atoms with E-state index >= 15 is 0 Å². The number of carbonyl (C=O) groups is 1. The molecule has 0 heterocycles. The molecule has 118 valence electrons. The first-order valence-electron chi connectivity index (χ1n) is 7.08. The zero-order valence-corrected chi connectivity index (χ0v) is 13.6. The van der Waals surface area contributed by atoms with E-state index in [0.717, 1.165) is 16.3 Å². The highest BCUT2D eigenvalue weighted by atomic mass is 32.2. The van der Waals surface area contributed by atoms with Gasteiger partial charge in [0.2, 0.25) is 10.0 Å². The van der Waals surface area contributed by atoms with Gasteiger partial charge in [-0.2, -0.15) is 4.31 Å². The quantitative estimate of drug-likeness (QED) is 0.799. The van der Waals surface area contributed by atoms with Gasteiger partial charge in [0.25, 0.3) is 0 Å². The molecule has 0 atom stereocenters. The van der Waals surface area contributed by atoms with Gasteiger partial charge in [0.15, 0.2) is 0 Å². The standard InChI is InChI=1S/C15H23NO4S/c1-4-9-16(11-15(17)18)21(19,20)14-7-5-13(6-8-14)10-12(2)3/h5-8,12H,4,9-11H2,1-3H3,(H,17,18). The average Bonchev–Trinajstić information content (AvgIpc) is 2.37. The number of carboxylic acids is 1. The van der Waals surface area contributed by atoms with Gasteiger partial charge in [-0.05, 0) is 36.5 Å². The molecule has 0 fully saturated rings. The van der Waals surface area contributed by atoms with Gasteiger partial charge in [-0.15, -0.1) is 0 Å². The highest BCUT2D eigenvalue weighted by Gasteiger charge is 2.25. The molecule has 1 N–H and O–H groups in total. The van der Waals surface area contributed by atoms with Gasteiger partial charge in [-0.3, -0.25) is 4.79 Å². The Hall–Kier alpha value is -1.40. The Morgan fingerprint density at radius 1 is 1.24 bits per heavy atom. The number of hydrogen-bond acceptors (Lipinski definition) is 3. The molecule has 21 heavy (non-hydrogen) atoms. The first-order valence-corrected chi connectivity index (χ1v) is 8.52. The minimum atomic E-state index is -3.75. The number of nitrogens with zero attached hydrogens (tertiary/aromatic N) is 1. The average molecular weight is 313 g/mol. The molecule has 6 heteroatoms. The van der Waals surface area contributed by atoms with E-state index in [1.54, 1.807) is 24.3 Å². The summed E-state index contributed by atoms with van der Waals surface area (Å²) in [7, 11) is -3.75. The molecule has 0 aliphatic carbocycles. The van der Waals surface area contributed by atoms with Crippen molar-refractivity contribution in [2.45, 2.75) is 38.5 Å². The van der Waals surface area contributed by atoms with Crippen molar-refractivity contribution in [1.29, 1.82) is 0 Å². The van der Waals surface area contributed by atoms with E-state index in [-0.39, 0.29) is 11.4 Å². The van der Waals surface area contributed by atoms with E-state index in [9.17, 15) is 13.2 Å². The Bertz CT molecular complexity index is 564. The van der Waals surface area contributed by atoms with E-state index in [0.29, 0.717) is 12.3 Å². The van der Waals surface area contributed by atoms with Crippen molar-refractivity contribution >= 4 is 16.0 Å². The molecule has 0 unspecified atom stereocenters. The lowest BCUT2D eigenvalue weighted by Crippen LogP contribution is -2.36. The van der Waals surface area contributed by atoms with Gasteiger partial charge in [-0.25, -0.2) is 8.42 Å². The number of sulfonamides is 1. The van der Waals surface area contributed by atoms with Crippen LogP contribution in [0.15, 0.2) is 29.2 Å². The van der Waals surface area contributed by atoms with Crippen LogP contribution in [0, 0.1) is 5.92 Å². The third kappa shape index (κ3) is 5.13. The zero-order chi connectivity index (χ0) is 16.0. The maximum Gasteiger partial charge on any atom is 0.318 e. The lowest BCUT2D eigenvalue weighted by atomic mass is 10.0. The summed E-state index contributed by atoms with van der Waals surface area (Å²) in [6.07, 6.45) is 1.45. The van der Waals surface area contributed by atoms with Crippen molar-refractivity contribution in [3.8, 4) is 0 Å². The minimum absolute atomic E-state index is 0.143. The molecule has 0 saturated heterocycles. The van der Waals surface area contributed by atoms with Crippen molar-refractivity contribution in [3.05, 3.63) is 29.8 Å². The normalized spacial score (nSPS) is 12.0. The summed E-state index contributed by atoms with van der Waals surface area (Å²) in [5, 5.41) is 8.86. The van der Waals surface area contributed by atoms with Crippen LogP contribution in [0.3, 0.4) is 0 Å². The van der Waals surface area contributed by atoms with Gasteiger partial charge in [0, 0.05) is 6.54 Å². The highest BCUT2D eigenvalue weighted by molar-refractivity contribution is 7.89. The fraction of sp³-hybridized carbons (Fsp3) is 0.533. The monoisotopic (exact) mass is 313 g/mol. The van der Waals surface area contributed by atoms with Gasteiger partial charge in [0.05, 0.1) is 4.90 Å². The minimum Gasteiger partial charge on any atom is -0.480 e. The first-order chi connectivity index (χ1) is 9.77. The van der Waals surface area contributed by atoms with Crippen molar-refractivity contribution < 1.29 is 18.3 Å². The van der Waals surface area contributed by atoms with E-state index in [1.807, 2.05) is 6.92 Å². The van der Waals surface area contributed by atoms with Crippen molar-refractivity contribution in [3.63, 3.8) is 0 Å². The summed E-state index contributed by atoms with van der Waals surface area (Å²) >= 11 is 0. The molecule has 0 spiro atoms. The summed E-state index contributed by atoms with van der Waals surface area (Å²) in [4.78, 5) is 11.0. The third-order valence-corrected chi connectivity index (χ3v) is 4.85. The van der Waals surface area contributed by atoms with Crippen molar-refractivity contribution in [2.24, 2.45) is 5.92 Å². The molecule has 5 nitrogen and oxygen atoms in total. The molecule has 0 saturated carbocycles. The predicted molar refractivity (Wildman–Crippen MR) is 81.7 cm³/mol. The molecule has 1 aromatic rings. The van der Waals surface area contributed by atoms with Crippen LogP contribution >= 0.6 is 0 Å². The summed E-state index contributed by atoms with van der Waals surface area (Å²) in [5.41, 5.74) is 1.07. The second-order valence-corrected chi connectivity index (χ2v) is 7.41. The summed E-state index contributed by atoms with van der Waals surface area (Å²) in [5.74, 6) is -0.653. The molecule has 0 radical (unpaired) electrons. The molecule has 1 aromatic carbocycles. The van der Waals surface area contributed by atoms with Crippen LogP contribution in [0.25, 0.3) is 0 Å². The third-order valence-electron chi connectivity index (χ3n) is 2.99. The van der Waals surface area contributed by atoms with Gasteiger partial charge in [-0.1, -0.05) is 32.9 Å². The van der Waals surface area contributed by atoms with Gasteiger partial charge in [0.1, 0.15) is 6.54 Å². The van der Waals surface area contributed by atoms with Crippen LogP contribution in [0.5, 0.6) is 0 Å². The summed E-state index contributed by atoms with van der Waals surface area (Å²) < 4.78 is 25.9. The number of rotatable bonds is 8. The van der Waals surface area contributed by atoms with Crippen LogP contribution in [-0.2, 0) is 21.2 Å². The molecule has 0 bridgehead atoms. The van der Waals surface area contributed by atoms with E-state index in [1.165, 1.54) is 0 Å². The van der Waals surface area contributed by atoms with Crippen LogP contribution in [0.2, 0.25) is 0 Å². The Balaban J connectivity index is 3.01. The molecule has 0 aromatic heterocycles. The zero-order valence-electron chi connectivity index (χ0n) is 12.7. The predicted octanol–water partition coefficient (Wildman–Crippen LogP) is 2.37. The molecule has 0 aliphatic rings. The number of carboxylic acid groups (broad SMARTS) is 1. The maximum absolute atomic E-state index is 12.5. The Morgan fingerprint density at radius 2 is 1.81 bits per heavy atom. The molecule has 0 aliphatic heterocycles. The number of aliphatic carboxylic acids is 1. The topological polar surface area (TPSA) is 74.7 Å². The highest BCUT2D eigenvalue weighted by Crippen LogP contribution is 2.18. The van der Waals surface area contributed by atoms with Gasteiger partial charge < -0.3 is 5.11 Å². The second-order valence-electron chi connectivity index (χ2n) is 5.47. The molecular formula is C15H23NO4S. The van der Waals surface area contributed by atoms with E-state index in [2.05, 4.69) is 13.8 Å².